The van der Waals surface area contributed by atoms with Crippen molar-refractivity contribution in [1.29, 1.82) is 0 Å². The Bertz CT molecular complexity index is 753. The average molecular weight is 331 g/mol. The molecule has 120 valence electrons. The molecule has 23 heavy (non-hydrogen) atoms. The van der Waals surface area contributed by atoms with E-state index in [1.165, 1.54) is 17.6 Å². The smallest absolute Gasteiger partial charge is 0.254 e. The van der Waals surface area contributed by atoms with E-state index in [0.717, 1.165) is 0 Å². The molecule has 1 unspecified atom stereocenters. The molecule has 1 amide bonds. The lowest BCUT2D eigenvalue weighted by molar-refractivity contribution is 0.0554. The van der Waals surface area contributed by atoms with Crippen LogP contribution in [0.1, 0.15) is 32.5 Å². The zero-order valence-corrected chi connectivity index (χ0v) is 13.6. The third-order valence-electron chi connectivity index (χ3n) is 3.65. The number of carbonyl (C=O) groups excluding carboxylic acids is 1. The number of thiophene rings is 1. The van der Waals surface area contributed by atoms with E-state index in [-0.39, 0.29) is 12.5 Å². The van der Waals surface area contributed by atoms with Crippen LogP contribution in [0.2, 0.25) is 0 Å². The first-order valence-corrected chi connectivity index (χ1v) is 8.04. The molecule has 0 saturated heterocycles. The Morgan fingerprint density at radius 1 is 1.35 bits per heavy atom. The number of aryl methyl sites for hydroxylation is 2. The number of amides is 1. The summed E-state index contributed by atoms with van der Waals surface area (Å²) in [5.41, 5.74) is -0.935. The number of carbonyl (C=O) groups is 1. The number of hydrogen-bond donors (Lipinski definition) is 2. The Balaban J connectivity index is 1.83. The molecule has 1 atom stereocenters. The van der Waals surface area contributed by atoms with Crippen LogP contribution in [0.5, 0.6) is 0 Å². The normalized spacial score (nSPS) is 13.7. The Hall–Kier alpha value is -2.31. The third kappa shape index (κ3) is 2.95. The highest BCUT2D eigenvalue weighted by atomic mass is 32.1. The molecule has 0 saturated carbocycles. The van der Waals surface area contributed by atoms with Crippen molar-refractivity contribution in [2.24, 2.45) is 0 Å². The van der Waals surface area contributed by atoms with Crippen LogP contribution in [0.25, 0.3) is 0 Å². The van der Waals surface area contributed by atoms with Crippen LogP contribution in [0, 0.1) is 13.8 Å². The maximum absolute atomic E-state index is 12.4. The highest BCUT2D eigenvalue weighted by molar-refractivity contribution is 7.10. The number of nitrogens with one attached hydrogen (secondary N) is 1. The number of aliphatic hydroxyl groups is 1. The minimum atomic E-state index is -1.40. The van der Waals surface area contributed by atoms with Crippen molar-refractivity contribution in [3.8, 4) is 0 Å². The van der Waals surface area contributed by atoms with E-state index in [1.807, 2.05) is 17.5 Å². The van der Waals surface area contributed by atoms with E-state index in [0.29, 0.717) is 27.7 Å². The molecule has 0 fully saturated rings. The standard InChI is InChI=1S/C17H17NO4S/c1-11-9-13(12(2)22-11)16(19)18-10-17(20,14-5-3-7-21-14)15-6-4-8-23-15/h3-9,20H,10H2,1-2H3,(H,18,19). The fraction of sp³-hybridized carbons (Fsp3) is 0.235. The van der Waals surface area contributed by atoms with E-state index in [4.69, 9.17) is 8.83 Å². The van der Waals surface area contributed by atoms with Crippen molar-refractivity contribution in [2.45, 2.75) is 19.4 Å². The highest BCUT2D eigenvalue weighted by Crippen LogP contribution is 2.32. The fourth-order valence-corrected chi connectivity index (χ4v) is 3.31. The monoisotopic (exact) mass is 331 g/mol. The lowest BCUT2D eigenvalue weighted by Gasteiger charge is -2.25. The van der Waals surface area contributed by atoms with E-state index in [9.17, 15) is 9.90 Å². The van der Waals surface area contributed by atoms with Crippen LogP contribution < -0.4 is 5.32 Å². The SMILES string of the molecule is Cc1cc(C(=O)NCC(O)(c2ccco2)c2cccs2)c(C)o1. The van der Waals surface area contributed by atoms with Gasteiger partial charge in [-0.05, 0) is 43.5 Å². The minimum Gasteiger partial charge on any atom is -0.466 e. The molecule has 0 aliphatic heterocycles. The van der Waals surface area contributed by atoms with Gasteiger partial charge in [0.15, 0.2) is 5.60 Å². The molecule has 5 nitrogen and oxygen atoms in total. The van der Waals surface area contributed by atoms with Gasteiger partial charge in [0.2, 0.25) is 0 Å². The van der Waals surface area contributed by atoms with Gasteiger partial charge in [-0.1, -0.05) is 6.07 Å². The minimum absolute atomic E-state index is 0.00350. The summed E-state index contributed by atoms with van der Waals surface area (Å²) >= 11 is 1.40. The van der Waals surface area contributed by atoms with Crippen molar-refractivity contribution in [3.63, 3.8) is 0 Å². The van der Waals surface area contributed by atoms with E-state index < -0.39 is 5.60 Å². The van der Waals surface area contributed by atoms with Gasteiger partial charge >= 0.3 is 0 Å². The quantitative estimate of drug-likeness (QED) is 0.753. The van der Waals surface area contributed by atoms with Crippen LogP contribution in [0.15, 0.2) is 50.8 Å². The largest absolute Gasteiger partial charge is 0.466 e. The van der Waals surface area contributed by atoms with E-state index >= 15 is 0 Å². The zero-order chi connectivity index (χ0) is 16.4. The first-order chi connectivity index (χ1) is 11.0. The number of hydrogen-bond acceptors (Lipinski definition) is 5. The molecular formula is C17H17NO4S. The molecule has 0 aromatic carbocycles. The van der Waals surface area contributed by atoms with Gasteiger partial charge in [0.05, 0.1) is 18.4 Å². The Morgan fingerprint density at radius 2 is 2.17 bits per heavy atom. The molecule has 6 heteroatoms. The lowest BCUT2D eigenvalue weighted by Crippen LogP contribution is -2.41. The summed E-state index contributed by atoms with van der Waals surface area (Å²) in [6.07, 6.45) is 1.50. The summed E-state index contributed by atoms with van der Waals surface area (Å²) in [4.78, 5) is 13.1. The predicted octanol–water partition coefficient (Wildman–Crippen LogP) is 3.22. The van der Waals surface area contributed by atoms with Gasteiger partial charge in [-0.25, -0.2) is 0 Å². The van der Waals surface area contributed by atoms with Crippen molar-refractivity contribution in [3.05, 3.63) is 69.7 Å². The molecule has 3 heterocycles. The van der Waals surface area contributed by atoms with Crippen molar-refractivity contribution in [1.82, 2.24) is 5.32 Å². The molecule has 2 N–H and O–H groups in total. The Morgan fingerprint density at radius 3 is 2.74 bits per heavy atom. The van der Waals surface area contributed by atoms with Gasteiger partial charge in [-0.15, -0.1) is 11.3 Å². The summed E-state index contributed by atoms with van der Waals surface area (Å²) < 4.78 is 10.7. The molecule has 0 aliphatic carbocycles. The molecule has 0 radical (unpaired) electrons. The summed E-state index contributed by atoms with van der Waals surface area (Å²) in [5.74, 6) is 1.33. The highest BCUT2D eigenvalue weighted by Gasteiger charge is 2.36. The fourth-order valence-electron chi connectivity index (χ4n) is 2.48. The van der Waals surface area contributed by atoms with Gasteiger partial charge in [0, 0.05) is 4.88 Å². The maximum atomic E-state index is 12.4. The number of furan rings is 2. The Labute approximate surface area is 137 Å². The Kier molecular flexibility index (Phi) is 4.11. The van der Waals surface area contributed by atoms with Gasteiger partial charge in [0.1, 0.15) is 17.3 Å². The van der Waals surface area contributed by atoms with Gasteiger partial charge < -0.3 is 19.3 Å². The first-order valence-electron chi connectivity index (χ1n) is 7.16. The van der Waals surface area contributed by atoms with Gasteiger partial charge in [-0.2, -0.15) is 0 Å². The second-order valence-corrected chi connectivity index (χ2v) is 6.27. The molecule has 0 spiro atoms. The van der Waals surface area contributed by atoms with E-state index in [2.05, 4.69) is 5.32 Å². The molecular weight excluding hydrogens is 314 g/mol. The summed E-state index contributed by atoms with van der Waals surface area (Å²) in [6.45, 7) is 3.53. The van der Waals surface area contributed by atoms with E-state index in [1.54, 1.807) is 32.0 Å². The summed E-state index contributed by atoms with van der Waals surface area (Å²) in [7, 11) is 0. The van der Waals surface area contributed by atoms with Crippen molar-refractivity contribution in [2.75, 3.05) is 6.54 Å². The third-order valence-corrected chi connectivity index (χ3v) is 4.67. The lowest BCUT2D eigenvalue weighted by atomic mass is 9.98. The van der Waals surface area contributed by atoms with Gasteiger partial charge in [0.25, 0.3) is 5.91 Å². The molecule has 0 bridgehead atoms. The molecule has 3 aromatic rings. The second-order valence-electron chi connectivity index (χ2n) is 5.32. The van der Waals surface area contributed by atoms with Gasteiger partial charge in [-0.3, -0.25) is 4.79 Å². The predicted molar refractivity (Wildman–Crippen MR) is 86.5 cm³/mol. The zero-order valence-electron chi connectivity index (χ0n) is 12.8. The molecule has 3 rings (SSSR count). The van der Waals surface area contributed by atoms with Crippen LogP contribution in [-0.4, -0.2) is 17.6 Å². The van der Waals surface area contributed by atoms with Crippen molar-refractivity contribution < 1.29 is 18.7 Å². The summed E-state index contributed by atoms with van der Waals surface area (Å²) in [5, 5.41) is 15.7. The number of rotatable bonds is 5. The van der Waals surface area contributed by atoms with Crippen LogP contribution >= 0.6 is 11.3 Å². The second kappa shape index (κ2) is 6.06. The average Bonchev–Trinajstić information content (AvgIpc) is 3.26. The topological polar surface area (TPSA) is 75.6 Å². The summed E-state index contributed by atoms with van der Waals surface area (Å²) in [6, 6.07) is 8.74. The molecule has 3 aromatic heterocycles. The van der Waals surface area contributed by atoms with Crippen LogP contribution in [0.4, 0.5) is 0 Å². The van der Waals surface area contributed by atoms with Crippen LogP contribution in [-0.2, 0) is 5.60 Å². The first kappa shape index (κ1) is 15.6. The maximum Gasteiger partial charge on any atom is 0.254 e. The van der Waals surface area contributed by atoms with Crippen LogP contribution in [0.3, 0.4) is 0 Å². The molecule has 0 aliphatic rings. The van der Waals surface area contributed by atoms with Crippen molar-refractivity contribution >= 4 is 17.2 Å².